The minimum atomic E-state index is -0.611. The van der Waals surface area contributed by atoms with E-state index >= 15 is 0 Å². The molecule has 1 unspecified atom stereocenters. The van der Waals surface area contributed by atoms with E-state index in [0.29, 0.717) is 0 Å². The van der Waals surface area contributed by atoms with Crippen molar-refractivity contribution in [2.75, 3.05) is 9.80 Å². The predicted molar refractivity (Wildman–Crippen MR) is 285 cm³/mol. The number of anilines is 6. The number of hydrogen-bond donors (Lipinski definition) is 0. The fourth-order valence-corrected chi connectivity index (χ4v) is 11.1. The van der Waals surface area contributed by atoms with Gasteiger partial charge in [-0.2, -0.15) is 0 Å². The summed E-state index contributed by atoms with van der Waals surface area (Å²) >= 11 is 0. The highest BCUT2D eigenvalue weighted by Crippen LogP contribution is 2.55. The Kier molecular flexibility index (Phi) is 9.40. The van der Waals surface area contributed by atoms with Gasteiger partial charge in [0.05, 0.1) is 27.8 Å². The third kappa shape index (κ3) is 6.21. The number of fused-ring (bicyclic) bond motifs is 6. The number of rotatable bonds is 9. The molecular weight excluding hydrogens is 823 g/mol. The Labute approximate surface area is 396 Å². The average Bonchev–Trinajstić information content (AvgIpc) is 3.76. The number of nitrogens with zero attached hydrogens (tertiary/aromatic N) is 3. The molecule has 0 N–H and O–H groups in total. The topological polar surface area (TPSA) is 11.4 Å². The van der Waals surface area contributed by atoms with Crippen molar-refractivity contribution in [3.05, 3.63) is 295 Å². The van der Waals surface area contributed by atoms with Crippen LogP contribution in [0.2, 0.25) is 0 Å². The first-order valence-electron chi connectivity index (χ1n) is 23.4. The largest absolute Gasteiger partial charge is 0.310 e. The lowest BCUT2D eigenvalue weighted by atomic mass is 9.63. The fraction of sp³-hybridized carbons (Fsp3) is 0.0154. The van der Waals surface area contributed by atoms with Gasteiger partial charge in [-0.3, -0.25) is 0 Å². The number of para-hydroxylation sites is 5. The summed E-state index contributed by atoms with van der Waals surface area (Å²) in [6.07, 6.45) is 0. The van der Waals surface area contributed by atoms with E-state index in [1.54, 1.807) is 0 Å². The van der Waals surface area contributed by atoms with Crippen LogP contribution in [0.1, 0.15) is 22.3 Å². The maximum Gasteiger partial charge on any atom is 0.0743 e. The van der Waals surface area contributed by atoms with Crippen molar-refractivity contribution < 1.29 is 0 Å². The minimum absolute atomic E-state index is 0.611. The third-order valence-electron chi connectivity index (χ3n) is 14.0. The molecule has 0 amide bonds. The molecule has 1 atom stereocenters. The van der Waals surface area contributed by atoms with Gasteiger partial charge >= 0.3 is 0 Å². The molecule has 0 saturated carbocycles. The molecule has 12 aromatic rings. The molecule has 2 heterocycles. The first kappa shape index (κ1) is 39.4. The van der Waals surface area contributed by atoms with E-state index in [1.807, 2.05) is 0 Å². The quantitative estimate of drug-likeness (QED) is 0.143. The lowest BCUT2D eigenvalue weighted by molar-refractivity contribution is 0.728. The Bertz CT molecular complexity index is 3780. The average molecular weight is 868 g/mol. The van der Waals surface area contributed by atoms with Gasteiger partial charge in [0.1, 0.15) is 0 Å². The minimum Gasteiger partial charge on any atom is -0.310 e. The van der Waals surface area contributed by atoms with Crippen LogP contribution < -0.4 is 9.80 Å². The van der Waals surface area contributed by atoms with Gasteiger partial charge in [0.15, 0.2) is 0 Å². The van der Waals surface area contributed by atoms with Crippen molar-refractivity contribution in [1.82, 2.24) is 4.57 Å². The number of hydrogen-bond acceptors (Lipinski definition) is 2. The highest BCUT2D eigenvalue weighted by Gasteiger charge is 2.45. The van der Waals surface area contributed by atoms with Crippen LogP contribution in [0.4, 0.5) is 34.1 Å². The molecule has 11 aromatic carbocycles. The van der Waals surface area contributed by atoms with E-state index in [-0.39, 0.29) is 0 Å². The maximum atomic E-state index is 2.50. The first-order valence-corrected chi connectivity index (χ1v) is 23.4. The van der Waals surface area contributed by atoms with Gasteiger partial charge < -0.3 is 14.4 Å². The molecule has 0 aliphatic carbocycles. The molecule has 13 rings (SSSR count). The van der Waals surface area contributed by atoms with Gasteiger partial charge in [0, 0.05) is 44.6 Å². The SMILES string of the molecule is c1ccc(N(c2ccc(-c3ccc(N(c4ccccc4)c4cccc5ccccc45)cc3)cc2)c2cccc(C3(c4ccccc4)c4ccccc4-n4c5ccccc5c5cccc3c54)c2)cc1. The molecule has 1 aromatic heterocycles. The van der Waals surface area contributed by atoms with Crippen LogP contribution in [-0.2, 0) is 5.41 Å². The van der Waals surface area contributed by atoms with Crippen molar-refractivity contribution in [2.24, 2.45) is 0 Å². The molecule has 68 heavy (non-hydrogen) atoms. The Balaban J connectivity index is 0.925. The zero-order chi connectivity index (χ0) is 45.0. The molecule has 1 aliphatic rings. The first-order chi connectivity index (χ1) is 33.8. The summed E-state index contributed by atoms with van der Waals surface area (Å²) in [5, 5.41) is 4.97. The van der Waals surface area contributed by atoms with E-state index in [2.05, 4.69) is 287 Å². The molecule has 0 spiro atoms. The summed E-state index contributed by atoms with van der Waals surface area (Å²) < 4.78 is 2.50. The Hall–Kier alpha value is -8.92. The number of benzene rings is 11. The van der Waals surface area contributed by atoms with Gasteiger partial charge in [0.25, 0.3) is 0 Å². The van der Waals surface area contributed by atoms with Crippen molar-refractivity contribution in [3.63, 3.8) is 0 Å². The fourth-order valence-electron chi connectivity index (χ4n) is 11.1. The van der Waals surface area contributed by atoms with Gasteiger partial charge in [-0.05, 0) is 118 Å². The van der Waals surface area contributed by atoms with E-state index in [1.165, 1.54) is 60.5 Å². The smallest absolute Gasteiger partial charge is 0.0743 e. The van der Waals surface area contributed by atoms with Crippen molar-refractivity contribution in [1.29, 1.82) is 0 Å². The normalized spacial score (nSPS) is 13.9. The monoisotopic (exact) mass is 867 g/mol. The van der Waals surface area contributed by atoms with Crippen LogP contribution in [0.15, 0.2) is 273 Å². The van der Waals surface area contributed by atoms with E-state index in [4.69, 9.17) is 0 Å². The lowest BCUT2D eigenvalue weighted by Crippen LogP contribution is -2.35. The van der Waals surface area contributed by atoms with E-state index in [0.717, 1.165) is 45.3 Å². The molecule has 320 valence electrons. The second-order valence-electron chi connectivity index (χ2n) is 17.7. The van der Waals surface area contributed by atoms with Gasteiger partial charge in [-0.15, -0.1) is 0 Å². The summed E-state index contributed by atoms with van der Waals surface area (Å²) in [5.74, 6) is 0. The zero-order valence-electron chi connectivity index (χ0n) is 37.3. The van der Waals surface area contributed by atoms with Crippen LogP contribution in [0, 0.1) is 0 Å². The van der Waals surface area contributed by atoms with Crippen LogP contribution in [-0.4, -0.2) is 4.57 Å². The molecule has 0 saturated heterocycles. The third-order valence-corrected chi connectivity index (χ3v) is 14.0. The molecular formula is C65H45N3. The summed E-state index contributed by atoms with van der Waals surface area (Å²) in [5.41, 5.74) is 17.0. The predicted octanol–water partition coefficient (Wildman–Crippen LogP) is 17.2. The van der Waals surface area contributed by atoms with Crippen LogP contribution >= 0.6 is 0 Å². The number of aromatic nitrogens is 1. The molecule has 0 radical (unpaired) electrons. The van der Waals surface area contributed by atoms with Crippen LogP contribution in [0.25, 0.3) is 49.4 Å². The second-order valence-corrected chi connectivity index (χ2v) is 17.7. The molecule has 1 aliphatic heterocycles. The molecule has 3 heteroatoms. The maximum absolute atomic E-state index is 2.50. The second kappa shape index (κ2) is 16.2. The van der Waals surface area contributed by atoms with Crippen LogP contribution in [0.3, 0.4) is 0 Å². The van der Waals surface area contributed by atoms with Crippen molar-refractivity contribution >= 4 is 66.7 Å². The summed E-state index contributed by atoms with van der Waals surface area (Å²) in [4.78, 5) is 4.75. The van der Waals surface area contributed by atoms with Gasteiger partial charge in [0.2, 0.25) is 0 Å². The summed E-state index contributed by atoms with van der Waals surface area (Å²) in [6, 6.07) is 99.7. The van der Waals surface area contributed by atoms with Gasteiger partial charge in [-0.25, -0.2) is 0 Å². The van der Waals surface area contributed by atoms with E-state index in [9.17, 15) is 0 Å². The summed E-state index contributed by atoms with van der Waals surface area (Å²) in [7, 11) is 0. The van der Waals surface area contributed by atoms with Crippen molar-refractivity contribution in [2.45, 2.75) is 5.41 Å². The summed E-state index contributed by atoms with van der Waals surface area (Å²) in [6.45, 7) is 0. The van der Waals surface area contributed by atoms with E-state index < -0.39 is 5.41 Å². The Morgan fingerprint density at radius 2 is 0.794 bits per heavy atom. The Morgan fingerprint density at radius 3 is 1.53 bits per heavy atom. The zero-order valence-corrected chi connectivity index (χ0v) is 37.3. The Morgan fingerprint density at radius 1 is 0.309 bits per heavy atom. The highest BCUT2D eigenvalue weighted by molar-refractivity contribution is 6.12. The van der Waals surface area contributed by atoms with Gasteiger partial charge in [-0.1, -0.05) is 194 Å². The molecule has 3 nitrogen and oxygen atoms in total. The standard InChI is InChI=1S/C65H45N3/c1-4-21-49(22-5-1)65(59-32-13-15-35-63(59)68-62-34-14-12-30-57(62)58-31-18-33-60(65)64(58)68)50-23-17-28-55(45-50)66(51-24-6-2-7-25-51)53-41-37-46(38-42-53)47-39-43-54(44-40-47)67(52-26-8-3-9-27-52)61-36-16-20-48-19-10-11-29-56(48)61/h1-45H. The lowest BCUT2D eigenvalue weighted by Gasteiger charge is -2.42. The molecule has 0 bridgehead atoms. The van der Waals surface area contributed by atoms with Crippen LogP contribution in [0.5, 0.6) is 0 Å². The molecule has 0 fully saturated rings. The van der Waals surface area contributed by atoms with Crippen molar-refractivity contribution in [3.8, 4) is 16.8 Å². The highest BCUT2D eigenvalue weighted by atomic mass is 15.1.